The van der Waals surface area contributed by atoms with E-state index in [1.807, 2.05) is 13.8 Å². The van der Waals surface area contributed by atoms with E-state index in [0.29, 0.717) is 17.3 Å². The number of carbonyl (C=O) groups excluding carboxylic acids is 1. The minimum atomic E-state index is -0.471. The largest absolute Gasteiger partial charge is 0.462 e. The second-order valence-corrected chi connectivity index (χ2v) is 5.74. The Balaban J connectivity index is 2.38. The van der Waals surface area contributed by atoms with Crippen molar-refractivity contribution in [3.63, 3.8) is 0 Å². The molecule has 0 aliphatic rings. The van der Waals surface area contributed by atoms with Crippen LogP contribution in [0, 0.1) is 16.7 Å². The molecular formula is C15H19ClN2O2. The summed E-state index contributed by atoms with van der Waals surface area (Å²) >= 11 is 5.92. The van der Waals surface area contributed by atoms with Crippen LogP contribution in [0.2, 0.25) is 5.02 Å². The molecule has 20 heavy (non-hydrogen) atoms. The molecule has 0 unspecified atom stereocenters. The number of esters is 1. The van der Waals surface area contributed by atoms with Gasteiger partial charge in [-0.05, 0) is 51.3 Å². The third-order valence-corrected chi connectivity index (χ3v) is 3.27. The number of nitrogens with zero attached hydrogens (tertiary/aromatic N) is 1. The van der Waals surface area contributed by atoms with Crippen LogP contribution in [0.5, 0.6) is 0 Å². The SMILES string of the molecule is CC(C)(C#N)CCCCOC(=O)c1cc(N)ccc1Cl. The third kappa shape index (κ3) is 5.10. The van der Waals surface area contributed by atoms with Gasteiger partial charge < -0.3 is 10.5 Å². The number of anilines is 1. The zero-order valence-electron chi connectivity index (χ0n) is 11.8. The maximum Gasteiger partial charge on any atom is 0.339 e. The average Bonchev–Trinajstić information content (AvgIpc) is 2.40. The number of carbonyl (C=O) groups is 1. The highest BCUT2D eigenvalue weighted by atomic mass is 35.5. The quantitative estimate of drug-likeness (QED) is 0.492. The summed E-state index contributed by atoms with van der Waals surface area (Å²) in [6, 6.07) is 6.95. The van der Waals surface area contributed by atoms with Gasteiger partial charge in [0.25, 0.3) is 0 Å². The molecule has 2 N–H and O–H groups in total. The Morgan fingerprint density at radius 3 is 2.80 bits per heavy atom. The van der Waals surface area contributed by atoms with E-state index >= 15 is 0 Å². The van der Waals surface area contributed by atoms with Crippen molar-refractivity contribution in [1.29, 1.82) is 5.26 Å². The minimum Gasteiger partial charge on any atom is -0.462 e. The minimum absolute atomic E-state index is 0.282. The molecule has 0 fully saturated rings. The van der Waals surface area contributed by atoms with Crippen molar-refractivity contribution in [2.75, 3.05) is 12.3 Å². The molecule has 4 nitrogen and oxygen atoms in total. The Morgan fingerprint density at radius 2 is 2.15 bits per heavy atom. The summed E-state index contributed by atoms with van der Waals surface area (Å²) in [4.78, 5) is 11.8. The molecule has 0 radical (unpaired) electrons. The Morgan fingerprint density at radius 1 is 1.45 bits per heavy atom. The molecule has 1 aromatic rings. The van der Waals surface area contributed by atoms with E-state index in [1.54, 1.807) is 12.1 Å². The topological polar surface area (TPSA) is 76.1 Å². The van der Waals surface area contributed by atoms with Crippen molar-refractivity contribution in [2.24, 2.45) is 5.41 Å². The molecular weight excluding hydrogens is 276 g/mol. The fourth-order valence-corrected chi connectivity index (χ4v) is 1.86. The number of benzene rings is 1. The van der Waals surface area contributed by atoms with Crippen LogP contribution in [0.25, 0.3) is 0 Å². The Kier molecular flexibility index (Phi) is 5.84. The van der Waals surface area contributed by atoms with Crippen molar-refractivity contribution in [3.8, 4) is 6.07 Å². The molecule has 0 bridgehead atoms. The smallest absolute Gasteiger partial charge is 0.339 e. The van der Waals surface area contributed by atoms with Gasteiger partial charge in [-0.3, -0.25) is 0 Å². The maximum absolute atomic E-state index is 11.8. The summed E-state index contributed by atoms with van der Waals surface area (Å²) in [6.45, 7) is 4.10. The van der Waals surface area contributed by atoms with E-state index in [9.17, 15) is 4.79 Å². The summed E-state index contributed by atoms with van der Waals surface area (Å²) in [6.07, 6.45) is 2.33. The van der Waals surface area contributed by atoms with Crippen LogP contribution in [-0.2, 0) is 4.74 Å². The first-order valence-electron chi connectivity index (χ1n) is 6.49. The van der Waals surface area contributed by atoms with Gasteiger partial charge in [0, 0.05) is 5.69 Å². The van der Waals surface area contributed by atoms with E-state index in [1.165, 1.54) is 6.07 Å². The molecule has 0 amide bonds. The van der Waals surface area contributed by atoms with Gasteiger partial charge >= 0.3 is 5.97 Å². The highest BCUT2D eigenvalue weighted by Gasteiger charge is 2.16. The van der Waals surface area contributed by atoms with Crippen LogP contribution >= 0.6 is 11.6 Å². The van der Waals surface area contributed by atoms with E-state index in [2.05, 4.69) is 6.07 Å². The number of ether oxygens (including phenoxy) is 1. The van der Waals surface area contributed by atoms with Gasteiger partial charge in [-0.15, -0.1) is 0 Å². The van der Waals surface area contributed by atoms with Gasteiger partial charge in [0.15, 0.2) is 0 Å². The highest BCUT2D eigenvalue weighted by Crippen LogP contribution is 2.22. The molecule has 1 aromatic carbocycles. The van der Waals surface area contributed by atoms with Crippen molar-refractivity contribution in [3.05, 3.63) is 28.8 Å². The van der Waals surface area contributed by atoms with E-state index in [-0.39, 0.29) is 11.0 Å². The van der Waals surface area contributed by atoms with E-state index in [0.717, 1.165) is 19.3 Å². The normalized spacial score (nSPS) is 10.9. The van der Waals surface area contributed by atoms with Crippen LogP contribution in [0.1, 0.15) is 43.5 Å². The number of nitriles is 1. The summed E-state index contributed by atoms with van der Waals surface area (Å²) in [5.41, 5.74) is 6.03. The summed E-state index contributed by atoms with van der Waals surface area (Å²) in [5.74, 6) is -0.471. The van der Waals surface area contributed by atoms with Crippen LogP contribution in [0.4, 0.5) is 5.69 Å². The molecule has 0 saturated carbocycles. The van der Waals surface area contributed by atoms with Crippen molar-refractivity contribution >= 4 is 23.3 Å². The summed E-state index contributed by atoms with van der Waals surface area (Å²) < 4.78 is 5.15. The van der Waals surface area contributed by atoms with Gasteiger partial charge in [-0.2, -0.15) is 5.26 Å². The van der Waals surface area contributed by atoms with Crippen LogP contribution < -0.4 is 5.73 Å². The fourth-order valence-electron chi connectivity index (χ4n) is 1.67. The van der Waals surface area contributed by atoms with Crippen LogP contribution in [0.15, 0.2) is 18.2 Å². The number of nitrogens with two attached hydrogens (primary N) is 1. The molecule has 0 aliphatic heterocycles. The first-order valence-corrected chi connectivity index (χ1v) is 6.87. The van der Waals surface area contributed by atoms with Crippen molar-refractivity contribution in [2.45, 2.75) is 33.1 Å². The summed E-state index contributed by atoms with van der Waals surface area (Å²) in [7, 11) is 0. The number of rotatable bonds is 6. The third-order valence-electron chi connectivity index (χ3n) is 2.94. The number of nitrogen functional groups attached to an aromatic ring is 1. The Bertz CT molecular complexity index is 521. The van der Waals surface area contributed by atoms with Crippen molar-refractivity contribution < 1.29 is 9.53 Å². The van der Waals surface area contributed by atoms with Crippen LogP contribution in [-0.4, -0.2) is 12.6 Å². The molecule has 0 aromatic heterocycles. The summed E-state index contributed by atoms with van der Waals surface area (Å²) in [5, 5.41) is 9.21. The van der Waals surface area contributed by atoms with Crippen molar-refractivity contribution in [1.82, 2.24) is 0 Å². The molecule has 0 spiro atoms. The first-order chi connectivity index (χ1) is 9.35. The molecule has 0 atom stereocenters. The highest BCUT2D eigenvalue weighted by molar-refractivity contribution is 6.33. The number of halogens is 1. The van der Waals surface area contributed by atoms with E-state index in [4.69, 9.17) is 27.3 Å². The molecule has 1 rings (SSSR count). The predicted octanol–water partition coefficient (Wildman–Crippen LogP) is 3.80. The molecule has 5 heteroatoms. The van der Waals surface area contributed by atoms with Gasteiger partial charge in [0.1, 0.15) is 0 Å². The second-order valence-electron chi connectivity index (χ2n) is 5.33. The number of hydrogen-bond donors (Lipinski definition) is 1. The molecule has 0 saturated heterocycles. The standard InChI is InChI=1S/C15H19ClN2O2/c1-15(2,10-17)7-3-4-8-20-14(19)12-9-11(18)5-6-13(12)16/h5-6,9H,3-4,7-8,18H2,1-2H3. The lowest BCUT2D eigenvalue weighted by Gasteiger charge is -2.14. The number of hydrogen-bond acceptors (Lipinski definition) is 4. The molecule has 0 aliphatic carbocycles. The second kappa shape index (κ2) is 7.16. The monoisotopic (exact) mass is 294 g/mol. The molecule has 108 valence electrons. The molecule has 0 heterocycles. The lowest BCUT2D eigenvalue weighted by molar-refractivity contribution is 0.0496. The van der Waals surface area contributed by atoms with Gasteiger partial charge in [0.2, 0.25) is 0 Å². The Labute approximate surface area is 124 Å². The Hall–Kier alpha value is -1.73. The zero-order valence-corrected chi connectivity index (χ0v) is 12.5. The lowest BCUT2D eigenvalue weighted by Crippen LogP contribution is -2.10. The lowest BCUT2D eigenvalue weighted by atomic mass is 9.89. The zero-order chi connectivity index (χ0) is 15.2. The van der Waals surface area contributed by atoms with Gasteiger partial charge in [-0.25, -0.2) is 4.79 Å². The maximum atomic E-state index is 11.8. The number of unbranched alkanes of at least 4 members (excludes halogenated alkanes) is 1. The van der Waals surface area contributed by atoms with Gasteiger partial charge in [-0.1, -0.05) is 11.6 Å². The van der Waals surface area contributed by atoms with Crippen LogP contribution in [0.3, 0.4) is 0 Å². The van der Waals surface area contributed by atoms with E-state index < -0.39 is 5.97 Å². The van der Waals surface area contributed by atoms with Gasteiger partial charge in [0.05, 0.1) is 28.7 Å². The average molecular weight is 295 g/mol. The first kappa shape index (κ1) is 16.3. The fraction of sp³-hybridized carbons (Fsp3) is 0.467. The predicted molar refractivity (Wildman–Crippen MR) is 79.4 cm³/mol.